The third-order valence-corrected chi connectivity index (χ3v) is 3.42. The molecule has 0 saturated carbocycles. The highest BCUT2D eigenvalue weighted by Gasteiger charge is 2.31. The Kier molecular flexibility index (Phi) is 3.24. The van der Waals surface area contributed by atoms with Crippen molar-refractivity contribution in [2.24, 2.45) is 0 Å². The second kappa shape index (κ2) is 4.69. The Hall–Kier alpha value is -2.02. The molecule has 0 saturated heterocycles. The van der Waals surface area contributed by atoms with Gasteiger partial charge in [-0.2, -0.15) is 0 Å². The third kappa shape index (κ3) is 2.30. The second-order valence-electron chi connectivity index (χ2n) is 3.71. The number of carboxylic acid groups (broad SMARTS) is 1. The van der Waals surface area contributed by atoms with Gasteiger partial charge < -0.3 is 10.8 Å². The number of benzene rings is 1. The van der Waals surface area contributed by atoms with E-state index in [1.807, 2.05) is 0 Å². The van der Waals surface area contributed by atoms with Crippen LogP contribution in [0.3, 0.4) is 0 Å². The SMILES string of the molecule is Nc1ccc2c(c1)N(C(=O)CC(=O)O)C(=O)CS2. The summed E-state index contributed by atoms with van der Waals surface area (Å²) in [6, 6.07) is 4.88. The summed E-state index contributed by atoms with van der Waals surface area (Å²) < 4.78 is 0. The lowest BCUT2D eigenvalue weighted by atomic mass is 10.2. The molecule has 1 aliphatic rings. The van der Waals surface area contributed by atoms with Gasteiger partial charge in [-0.25, -0.2) is 4.90 Å². The van der Waals surface area contributed by atoms with Crippen LogP contribution in [0, 0.1) is 0 Å². The lowest BCUT2D eigenvalue weighted by Gasteiger charge is -2.27. The smallest absolute Gasteiger partial charge is 0.312 e. The van der Waals surface area contributed by atoms with Crippen LogP contribution in [0.25, 0.3) is 0 Å². The van der Waals surface area contributed by atoms with E-state index in [1.54, 1.807) is 12.1 Å². The Balaban J connectivity index is 2.41. The number of carboxylic acids is 1. The summed E-state index contributed by atoms with van der Waals surface area (Å²) in [5.41, 5.74) is 6.39. The molecule has 7 heteroatoms. The fourth-order valence-electron chi connectivity index (χ4n) is 1.65. The molecule has 0 aliphatic carbocycles. The minimum atomic E-state index is -1.27. The van der Waals surface area contributed by atoms with Crippen LogP contribution in [0.1, 0.15) is 6.42 Å². The maximum Gasteiger partial charge on any atom is 0.312 e. The van der Waals surface area contributed by atoms with Gasteiger partial charge in [0.25, 0.3) is 0 Å². The Morgan fingerprint density at radius 2 is 2.17 bits per heavy atom. The van der Waals surface area contributed by atoms with Crippen molar-refractivity contribution in [3.05, 3.63) is 18.2 Å². The molecule has 18 heavy (non-hydrogen) atoms. The van der Waals surface area contributed by atoms with Gasteiger partial charge in [0.1, 0.15) is 6.42 Å². The van der Waals surface area contributed by atoms with E-state index in [0.717, 1.165) is 9.80 Å². The molecule has 0 radical (unpaired) electrons. The number of amides is 2. The number of hydrogen-bond acceptors (Lipinski definition) is 5. The van der Waals surface area contributed by atoms with E-state index in [9.17, 15) is 14.4 Å². The number of nitrogens with zero attached hydrogens (tertiary/aromatic N) is 1. The van der Waals surface area contributed by atoms with Gasteiger partial charge in [0.05, 0.1) is 11.4 Å². The summed E-state index contributed by atoms with van der Waals surface area (Å²) in [5, 5.41) is 8.61. The maximum atomic E-state index is 11.8. The largest absolute Gasteiger partial charge is 0.481 e. The van der Waals surface area contributed by atoms with Crippen LogP contribution in [0.2, 0.25) is 0 Å². The highest BCUT2D eigenvalue weighted by atomic mass is 32.2. The van der Waals surface area contributed by atoms with E-state index in [-0.39, 0.29) is 5.75 Å². The van der Waals surface area contributed by atoms with Crippen LogP contribution in [0.4, 0.5) is 11.4 Å². The number of thioether (sulfide) groups is 1. The molecule has 0 unspecified atom stereocenters. The van der Waals surface area contributed by atoms with Gasteiger partial charge in [-0.15, -0.1) is 11.8 Å². The van der Waals surface area contributed by atoms with Gasteiger partial charge in [-0.3, -0.25) is 14.4 Å². The van der Waals surface area contributed by atoms with Gasteiger partial charge in [-0.05, 0) is 18.2 Å². The molecule has 0 fully saturated rings. The molecule has 1 aromatic carbocycles. The lowest BCUT2D eigenvalue weighted by Crippen LogP contribution is -2.41. The number of nitrogens with two attached hydrogens (primary N) is 1. The van der Waals surface area contributed by atoms with Crippen molar-refractivity contribution >= 4 is 40.9 Å². The Morgan fingerprint density at radius 1 is 1.44 bits per heavy atom. The number of anilines is 2. The third-order valence-electron chi connectivity index (χ3n) is 2.38. The molecule has 94 valence electrons. The average molecular weight is 266 g/mol. The first-order chi connectivity index (χ1) is 8.49. The van der Waals surface area contributed by atoms with Crippen LogP contribution in [0.15, 0.2) is 23.1 Å². The molecule has 0 aromatic heterocycles. The summed E-state index contributed by atoms with van der Waals surface area (Å²) in [5.74, 6) is -2.33. The average Bonchev–Trinajstić information content (AvgIpc) is 2.27. The minimum absolute atomic E-state index is 0.113. The van der Waals surface area contributed by atoms with Crippen molar-refractivity contribution in [2.75, 3.05) is 16.4 Å². The van der Waals surface area contributed by atoms with Crippen LogP contribution in [-0.2, 0) is 14.4 Å². The summed E-state index contributed by atoms with van der Waals surface area (Å²) in [6.07, 6.45) is -0.718. The lowest BCUT2D eigenvalue weighted by molar-refractivity contribution is -0.140. The number of carbonyl (C=O) groups excluding carboxylic acids is 2. The molecular weight excluding hydrogens is 256 g/mol. The monoisotopic (exact) mass is 266 g/mol. The molecular formula is C11H10N2O4S. The zero-order valence-electron chi connectivity index (χ0n) is 9.25. The van der Waals surface area contributed by atoms with Crippen molar-refractivity contribution in [1.29, 1.82) is 0 Å². The van der Waals surface area contributed by atoms with Crippen LogP contribution < -0.4 is 10.6 Å². The highest BCUT2D eigenvalue weighted by Crippen LogP contribution is 2.36. The first-order valence-corrected chi connectivity index (χ1v) is 6.07. The number of aliphatic carboxylic acids is 1. The summed E-state index contributed by atoms with van der Waals surface area (Å²) in [6.45, 7) is 0. The van der Waals surface area contributed by atoms with Crippen molar-refractivity contribution in [2.45, 2.75) is 11.3 Å². The zero-order chi connectivity index (χ0) is 13.3. The predicted molar refractivity (Wildman–Crippen MR) is 66.3 cm³/mol. The van der Waals surface area contributed by atoms with Gasteiger partial charge in [0, 0.05) is 10.6 Å². The summed E-state index contributed by atoms with van der Waals surface area (Å²) >= 11 is 1.30. The first-order valence-electron chi connectivity index (χ1n) is 5.09. The predicted octanol–water partition coefficient (Wildman–Crippen LogP) is 0.709. The van der Waals surface area contributed by atoms with E-state index in [4.69, 9.17) is 10.8 Å². The van der Waals surface area contributed by atoms with E-state index in [0.29, 0.717) is 11.4 Å². The first kappa shape index (κ1) is 12.4. The topological polar surface area (TPSA) is 101 Å². The number of carbonyl (C=O) groups is 3. The molecule has 2 amide bonds. The van der Waals surface area contributed by atoms with Crippen LogP contribution >= 0.6 is 11.8 Å². The van der Waals surface area contributed by atoms with Crippen LogP contribution in [0.5, 0.6) is 0 Å². The zero-order valence-corrected chi connectivity index (χ0v) is 10.1. The number of hydrogen-bond donors (Lipinski definition) is 2. The molecule has 3 N–H and O–H groups in total. The van der Waals surface area contributed by atoms with E-state index < -0.39 is 24.2 Å². The standard InChI is InChI=1S/C11H10N2O4S/c12-6-1-2-8-7(3-6)13(10(15)5-18-8)9(14)4-11(16)17/h1-3H,4-5,12H2,(H,16,17). The number of rotatable bonds is 2. The quantitative estimate of drug-likeness (QED) is 0.604. The van der Waals surface area contributed by atoms with Crippen LogP contribution in [-0.4, -0.2) is 28.6 Å². The molecule has 0 atom stereocenters. The Bertz CT molecular complexity index is 544. The number of imide groups is 1. The fourth-order valence-corrected chi connectivity index (χ4v) is 2.52. The Morgan fingerprint density at radius 3 is 2.83 bits per heavy atom. The summed E-state index contributed by atoms with van der Waals surface area (Å²) in [7, 11) is 0. The minimum Gasteiger partial charge on any atom is -0.481 e. The van der Waals surface area contributed by atoms with E-state index >= 15 is 0 Å². The van der Waals surface area contributed by atoms with Crippen molar-refractivity contribution < 1.29 is 19.5 Å². The molecule has 0 bridgehead atoms. The Labute approximate surface area is 107 Å². The normalized spacial score (nSPS) is 14.2. The van der Waals surface area contributed by atoms with Crippen molar-refractivity contribution in [1.82, 2.24) is 0 Å². The van der Waals surface area contributed by atoms with Gasteiger partial charge in [0.15, 0.2) is 0 Å². The molecule has 1 aliphatic heterocycles. The van der Waals surface area contributed by atoms with E-state index in [2.05, 4.69) is 0 Å². The molecule has 1 heterocycles. The summed E-state index contributed by atoms with van der Waals surface area (Å²) in [4.78, 5) is 35.7. The second-order valence-corrected chi connectivity index (χ2v) is 4.73. The molecule has 6 nitrogen and oxygen atoms in total. The van der Waals surface area contributed by atoms with Gasteiger partial charge >= 0.3 is 5.97 Å². The number of nitrogen functional groups attached to an aromatic ring is 1. The number of fused-ring (bicyclic) bond motifs is 1. The highest BCUT2D eigenvalue weighted by molar-refractivity contribution is 8.00. The molecule has 1 aromatic rings. The maximum absolute atomic E-state index is 11.8. The van der Waals surface area contributed by atoms with Gasteiger partial charge in [0.2, 0.25) is 11.8 Å². The molecule has 2 rings (SSSR count). The fraction of sp³-hybridized carbons (Fsp3) is 0.182. The molecule has 0 spiro atoms. The van der Waals surface area contributed by atoms with Gasteiger partial charge in [-0.1, -0.05) is 0 Å². The van der Waals surface area contributed by atoms with E-state index in [1.165, 1.54) is 17.8 Å². The van der Waals surface area contributed by atoms with Crippen molar-refractivity contribution in [3.8, 4) is 0 Å². The van der Waals surface area contributed by atoms with Crippen molar-refractivity contribution in [3.63, 3.8) is 0 Å².